The molecule has 1 aliphatic carbocycles. The van der Waals surface area contributed by atoms with Gasteiger partial charge in [-0.05, 0) is 24.8 Å². The molecule has 0 spiro atoms. The zero-order valence-corrected chi connectivity index (χ0v) is 15.4. The number of guanidine groups is 1. The van der Waals surface area contributed by atoms with Gasteiger partial charge < -0.3 is 21.1 Å². The SMILES string of the molecule is NC(=NCCNC(=O)CC1CCCCC1)NC1CCOc2ccccc21. The topological polar surface area (TPSA) is 88.7 Å². The van der Waals surface area contributed by atoms with E-state index in [-0.39, 0.29) is 11.9 Å². The summed E-state index contributed by atoms with van der Waals surface area (Å²) in [6.45, 7) is 1.68. The number of hydrogen-bond acceptors (Lipinski definition) is 3. The normalized spacial score (nSPS) is 20.8. The number of hydrogen-bond donors (Lipinski definition) is 3. The van der Waals surface area contributed by atoms with Crippen LogP contribution in [0.3, 0.4) is 0 Å². The van der Waals surface area contributed by atoms with E-state index in [2.05, 4.69) is 15.6 Å². The molecule has 0 saturated heterocycles. The molecule has 1 aliphatic heterocycles. The van der Waals surface area contributed by atoms with Gasteiger partial charge in [-0.15, -0.1) is 0 Å². The van der Waals surface area contributed by atoms with Crippen molar-refractivity contribution in [3.63, 3.8) is 0 Å². The van der Waals surface area contributed by atoms with Gasteiger partial charge in [0.25, 0.3) is 0 Å². The van der Waals surface area contributed by atoms with Crippen LogP contribution in [-0.2, 0) is 4.79 Å². The lowest BCUT2D eigenvalue weighted by atomic mass is 9.87. The van der Waals surface area contributed by atoms with Gasteiger partial charge in [0.1, 0.15) is 5.75 Å². The number of rotatable bonds is 6. The molecule has 1 heterocycles. The molecule has 1 fully saturated rings. The number of ether oxygens (including phenoxy) is 1. The minimum absolute atomic E-state index is 0.115. The van der Waals surface area contributed by atoms with Gasteiger partial charge in [-0.2, -0.15) is 0 Å². The fraction of sp³-hybridized carbons (Fsp3) is 0.600. The molecule has 6 nitrogen and oxygen atoms in total. The van der Waals surface area contributed by atoms with Gasteiger partial charge in [-0.25, -0.2) is 0 Å². The van der Waals surface area contributed by atoms with E-state index >= 15 is 0 Å². The molecule has 142 valence electrons. The molecule has 6 heteroatoms. The third kappa shape index (κ3) is 5.38. The zero-order valence-electron chi connectivity index (χ0n) is 15.4. The second kappa shape index (κ2) is 9.46. The van der Waals surface area contributed by atoms with E-state index in [1.54, 1.807) is 0 Å². The van der Waals surface area contributed by atoms with Gasteiger partial charge in [-0.1, -0.05) is 37.5 Å². The summed E-state index contributed by atoms with van der Waals surface area (Å²) >= 11 is 0. The molecule has 4 N–H and O–H groups in total. The first-order valence-electron chi connectivity index (χ1n) is 9.77. The Morgan fingerprint density at radius 1 is 1.19 bits per heavy atom. The second-order valence-corrected chi connectivity index (χ2v) is 7.20. The summed E-state index contributed by atoms with van der Waals surface area (Å²) in [5, 5.41) is 6.22. The van der Waals surface area contributed by atoms with Gasteiger partial charge in [0.05, 0.1) is 19.2 Å². The number of para-hydroxylation sites is 1. The fourth-order valence-electron chi connectivity index (χ4n) is 3.81. The van der Waals surface area contributed by atoms with E-state index < -0.39 is 0 Å². The van der Waals surface area contributed by atoms with Crippen molar-refractivity contribution in [3.05, 3.63) is 29.8 Å². The van der Waals surface area contributed by atoms with Crippen molar-refractivity contribution in [2.75, 3.05) is 19.7 Å². The monoisotopic (exact) mass is 358 g/mol. The third-order valence-electron chi connectivity index (χ3n) is 5.20. The van der Waals surface area contributed by atoms with E-state index in [1.807, 2.05) is 24.3 Å². The van der Waals surface area contributed by atoms with Crippen molar-refractivity contribution in [1.29, 1.82) is 0 Å². The summed E-state index contributed by atoms with van der Waals surface area (Å²) in [4.78, 5) is 16.3. The maximum absolute atomic E-state index is 12.0. The van der Waals surface area contributed by atoms with E-state index in [4.69, 9.17) is 10.5 Å². The first-order chi connectivity index (χ1) is 12.7. The van der Waals surface area contributed by atoms with Crippen molar-refractivity contribution in [1.82, 2.24) is 10.6 Å². The molecule has 1 amide bonds. The van der Waals surface area contributed by atoms with Crippen LogP contribution >= 0.6 is 0 Å². The Bertz CT molecular complexity index is 626. The lowest BCUT2D eigenvalue weighted by molar-refractivity contribution is -0.122. The van der Waals surface area contributed by atoms with Crippen LogP contribution in [0.15, 0.2) is 29.3 Å². The predicted octanol–water partition coefficient (Wildman–Crippen LogP) is 2.50. The van der Waals surface area contributed by atoms with Gasteiger partial charge in [0, 0.05) is 24.9 Å². The van der Waals surface area contributed by atoms with Gasteiger partial charge in [0.2, 0.25) is 5.91 Å². The average molecular weight is 358 g/mol. The molecule has 0 aromatic heterocycles. The molecule has 3 rings (SSSR count). The van der Waals surface area contributed by atoms with Crippen molar-refractivity contribution >= 4 is 11.9 Å². The summed E-state index contributed by atoms with van der Waals surface area (Å²) < 4.78 is 5.65. The van der Waals surface area contributed by atoms with Crippen LogP contribution < -0.4 is 21.1 Å². The Hall–Kier alpha value is -2.24. The zero-order chi connectivity index (χ0) is 18.2. The van der Waals surface area contributed by atoms with Crippen LogP contribution in [0.1, 0.15) is 56.6 Å². The lowest BCUT2D eigenvalue weighted by Gasteiger charge is -2.26. The highest BCUT2D eigenvalue weighted by atomic mass is 16.5. The van der Waals surface area contributed by atoms with Gasteiger partial charge in [-0.3, -0.25) is 9.79 Å². The number of nitrogens with two attached hydrogens (primary N) is 1. The molecule has 26 heavy (non-hydrogen) atoms. The highest BCUT2D eigenvalue weighted by molar-refractivity contribution is 5.79. The molecular weight excluding hydrogens is 328 g/mol. The number of aliphatic imine (C=N–C) groups is 1. The maximum Gasteiger partial charge on any atom is 0.220 e. The third-order valence-corrected chi connectivity index (χ3v) is 5.20. The number of nitrogens with one attached hydrogen (secondary N) is 2. The molecule has 2 aliphatic rings. The molecular formula is C20H30N4O2. The number of amides is 1. The summed E-state index contributed by atoms with van der Waals surface area (Å²) in [6.07, 6.45) is 7.72. The van der Waals surface area contributed by atoms with Crippen molar-refractivity contribution in [2.24, 2.45) is 16.6 Å². The molecule has 1 aromatic rings. The Morgan fingerprint density at radius 2 is 2.00 bits per heavy atom. The Kier molecular flexibility index (Phi) is 6.75. The first-order valence-corrected chi connectivity index (χ1v) is 9.77. The molecule has 1 aromatic carbocycles. The van der Waals surface area contributed by atoms with Crippen LogP contribution in [0.25, 0.3) is 0 Å². The average Bonchev–Trinajstić information content (AvgIpc) is 2.66. The highest BCUT2D eigenvalue weighted by Gasteiger charge is 2.21. The Labute approximate surface area is 155 Å². The van der Waals surface area contributed by atoms with Crippen LogP contribution in [0, 0.1) is 5.92 Å². The standard InChI is InChI=1S/C20H30N4O2/c21-20(24-17-10-13-26-18-9-5-4-8-16(17)18)23-12-11-22-19(25)14-15-6-2-1-3-7-15/h4-5,8-9,15,17H,1-3,6-7,10-14H2,(H,22,25)(H3,21,23,24). The minimum Gasteiger partial charge on any atom is -0.493 e. The predicted molar refractivity (Wildman–Crippen MR) is 103 cm³/mol. The number of carbonyl (C=O) groups is 1. The Balaban J connectivity index is 1.38. The second-order valence-electron chi connectivity index (χ2n) is 7.20. The highest BCUT2D eigenvalue weighted by Crippen LogP contribution is 2.31. The smallest absolute Gasteiger partial charge is 0.220 e. The number of carbonyl (C=O) groups excluding carboxylic acids is 1. The molecule has 1 saturated carbocycles. The molecule has 1 unspecified atom stereocenters. The van der Waals surface area contributed by atoms with Crippen molar-refractivity contribution in [2.45, 2.75) is 51.0 Å². The maximum atomic E-state index is 12.0. The molecule has 0 radical (unpaired) electrons. The van der Waals surface area contributed by atoms with Crippen LogP contribution in [-0.4, -0.2) is 31.6 Å². The largest absolute Gasteiger partial charge is 0.493 e. The quantitative estimate of drug-likeness (QED) is 0.414. The van der Waals surface area contributed by atoms with Crippen molar-refractivity contribution < 1.29 is 9.53 Å². The van der Waals surface area contributed by atoms with E-state index in [0.29, 0.717) is 38.0 Å². The fourth-order valence-corrected chi connectivity index (χ4v) is 3.81. The van der Waals surface area contributed by atoms with Crippen LogP contribution in [0.5, 0.6) is 5.75 Å². The summed E-state index contributed by atoms with van der Waals surface area (Å²) in [5.74, 6) is 2.01. The van der Waals surface area contributed by atoms with Gasteiger partial charge >= 0.3 is 0 Å². The number of fused-ring (bicyclic) bond motifs is 1. The summed E-state index contributed by atoms with van der Waals surface area (Å²) in [5.41, 5.74) is 7.12. The summed E-state index contributed by atoms with van der Waals surface area (Å²) in [6, 6.07) is 8.10. The van der Waals surface area contributed by atoms with Gasteiger partial charge in [0.15, 0.2) is 5.96 Å². The Morgan fingerprint density at radius 3 is 2.85 bits per heavy atom. The number of nitrogens with zero attached hydrogens (tertiary/aromatic N) is 1. The molecule has 1 atom stereocenters. The number of benzene rings is 1. The first kappa shape index (κ1) is 18.5. The van der Waals surface area contributed by atoms with E-state index in [1.165, 1.54) is 32.1 Å². The minimum atomic E-state index is 0.115. The van der Waals surface area contributed by atoms with E-state index in [9.17, 15) is 4.79 Å². The van der Waals surface area contributed by atoms with Crippen LogP contribution in [0.4, 0.5) is 0 Å². The van der Waals surface area contributed by atoms with E-state index in [0.717, 1.165) is 17.7 Å². The lowest BCUT2D eigenvalue weighted by Crippen LogP contribution is -2.38. The van der Waals surface area contributed by atoms with Crippen molar-refractivity contribution in [3.8, 4) is 5.75 Å². The molecule has 0 bridgehead atoms. The summed E-state index contributed by atoms with van der Waals surface area (Å²) in [7, 11) is 0. The van der Waals surface area contributed by atoms with Crippen LogP contribution in [0.2, 0.25) is 0 Å².